The summed E-state index contributed by atoms with van der Waals surface area (Å²) in [6.07, 6.45) is 2.27. The van der Waals surface area contributed by atoms with Gasteiger partial charge in [0.15, 0.2) is 11.5 Å². The average molecular weight is 327 g/mol. The van der Waals surface area contributed by atoms with Gasteiger partial charge in [0.05, 0.1) is 12.2 Å². The molecule has 0 radical (unpaired) electrons. The SMILES string of the molecule is Cc1nc2c([nH]1)C[C@@H](C(=O)NC[C@H]1COc3ccccc3O1)CC2. The summed E-state index contributed by atoms with van der Waals surface area (Å²) in [6, 6.07) is 7.59. The fourth-order valence-corrected chi connectivity index (χ4v) is 3.37. The van der Waals surface area contributed by atoms with Gasteiger partial charge in [-0.05, 0) is 31.9 Å². The molecule has 0 bridgehead atoms. The van der Waals surface area contributed by atoms with Crippen molar-refractivity contribution in [1.82, 2.24) is 15.3 Å². The van der Waals surface area contributed by atoms with E-state index < -0.39 is 0 Å². The average Bonchev–Trinajstić information content (AvgIpc) is 2.98. The van der Waals surface area contributed by atoms with Crippen LogP contribution in [0.5, 0.6) is 11.5 Å². The Bertz CT molecular complexity index is 756. The first-order chi connectivity index (χ1) is 11.7. The lowest BCUT2D eigenvalue weighted by molar-refractivity contribution is -0.125. The topological polar surface area (TPSA) is 76.2 Å². The minimum absolute atomic E-state index is 0.00542. The number of ether oxygens (including phenoxy) is 2. The van der Waals surface area contributed by atoms with Gasteiger partial charge < -0.3 is 19.8 Å². The van der Waals surface area contributed by atoms with Crippen molar-refractivity contribution in [2.24, 2.45) is 5.92 Å². The van der Waals surface area contributed by atoms with Crippen LogP contribution >= 0.6 is 0 Å². The van der Waals surface area contributed by atoms with E-state index in [1.54, 1.807) is 0 Å². The van der Waals surface area contributed by atoms with Crippen molar-refractivity contribution >= 4 is 5.91 Å². The molecule has 24 heavy (non-hydrogen) atoms. The van der Waals surface area contributed by atoms with Crippen LogP contribution in [-0.2, 0) is 17.6 Å². The molecule has 0 spiro atoms. The quantitative estimate of drug-likeness (QED) is 0.901. The number of hydrogen-bond donors (Lipinski definition) is 2. The van der Waals surface area contributed by atoms with Crippen LogP contribution in [0.3, 0.4) is 0 Å². The third-order valence-corrected chi connectivity index (χ3v) is 4.61. The number of H-pyrrole nitrogens is 1. The lowest BCUT2D eigenvalue weighted by Gasteiger charge is -2.27. The smallest absolute Gasteiger partial charge is 0.223 e. The molecule has 0 fully saturated rings. The predicted molar refractivity (Wildman–Crippen MR) is 88.2 cm³/mol. The summed E-state index contributed by atoms with van der Waals surface area (Å²) in [5, 5.41) is 3.01. The number of carbonyl (C=O) groups is 1. The molecular formula is C18H21N3O3. The van der Waals surface area contributed by atoms with E-state index in [2.05, 4.69) is 15.3 Å². The number of imidazole rings is 1. The number of nitrogens with one attached hydrogen (secondary N) is 2. The molecule has 1 aliphatic heterocycles. The van der Waals surface area contributed by atoms with Crippen molar-refractivity contribution in [2.45, 2.75) is 32.3 Å². The molecule has 2 N–H and O–H groups in total. The Morgan fingerprint density at radius 1 is 1.38 bits per heavy atom. The van der Waals surface area contributed by atoms with Crippen LogP contribution in [0, 0.1) is 12.8 Å². The van der Waals surface area contributed by atoms with Gasteiger partial charge in [-0.3, -0.25) is 4.79 Å². The molecular weight excluding hydrogens is 306 g/mol. The van der Waals surface area contributed by atoms with Crippen molar-refractivity contribution in [3.05, 3.63) is 41.5 Å². The molecule has 2 aliphatic rings. The number of hydrogen-bond acceptors (Lipinski definition) is 4. The zero-order valence-electron chi connectivity index (χ0n) is 13.7. The van der Waals surface area contributed by atoms with E-state index in [1.165, 1.54) is 0 Å². The number of aromatic amines is 1. The summed E-state index contributed by atoms with van der Waals surface area (Å²) < 4.78 is 11.5. The Balaban J connectivity index is 1.31. The minimum atomic E-state index is -0.155. The summed E-state index contributed by atoms with van der Waals surface area (Å²) in [5.41, 5.74) is 2.21. The monoisotopic (exact) mass is 327 g/mol. The molecule has 1 aromatic carbocycles. The van der Waals surface area contributed by atoms with Gasteiger partial charge in [-0.25, -0.2) is 4.98 Å². The number of carbonyl (C=O) groups excluding carboxylic acids is 1. The Kier molecular flexibility index (Phi) is 3.88. The highest BCUT2D eigenvalue weighted by Crippen LogP contribution is 2.30. The van der Waals surface area contributed by atoms with Gasteiger partial charge in [-0.2, -0.15) is 0 Å². The van der Waals surface area contributed by atoms with E-state index in [0.717, 1.165) is 48.0 Å². The first kappa shape index (κ1) is 15.1. The second-order valence-corrected chi connectivity index (χ2v) is 6.43. The van der Waals surface area contributed by atoms with Crippen LogP contribution in [-0.4, -0.2) is 35.1 Å². The second-order valence-electron chi connectivity index (χ2n) is 6.43. The van der Waals surface area contributed by atoms with Gasteiger partial charge in [0.25, 0.3) is 0 Å². The predicted octanol–water partition coefficient (Wildman–Crippen LogP) is 1.78. The molecule has 2 aromatic rings. The number of benzene rings is 1. The third-order valence-electron chi connectivity index (χ3n) is 4.61. The molecule has 1 amide bonds. The number of fused-ring (bicyclic) bond motifs is 2. The lowest BCUT2D eigenvalue weighted by Crippen LogP contribution is -2.43. The minimum Gasteiger partial charge on any atom is -0.486 e. The third kappa shape index (κ3) is 2.96. The van der Waals surface area contributed by atoms with Crippen LogP contribution in [0.25, 0.3) is 0 Å². The summed E-state index contributed by atoms with van der Waals surface area (Å²) >= 11 is 0. The van der Waals surface area contributed by atoms with E-state index in [0.29, 0.717) is 13.2 Å². The molecule has 0 unspecified atom stereocenters. The Hall–Kier alpha value is -2.50. The van der Waals surface area contributed by atoms with E-state index in [9.17, 15) is 4.79 Å². The number of nitrogens with zero attached hydrogens (tertiary/aromatic N) is 1. The molecule has 6 heteroatoms. The number of aromatic nitrogens is 2. The highest BCUT2D eigenvalue weighted by molar-refractivity contribution is 5.79. The normalized spacial score (nSPS) is 21.9. The standard InChI is InChI=1S/C18H21N3O3/c1-11-20-14-7-6-12(8-15(14)21-11)18(22)19-9-13-10-23-16-4-2-3-5-17(16)24-13/h2-5,12-13H,6-10H2,1H3,(H,19,22)(H,20,21)/t12-,13-/m0/s1. The van der Waals surface area contributed by atoms with Gasteiger partial charge in [0.1, 0.15) is 18.5 Å². The summed E-state index contributed by atoms with van der Waals surface area (Å²) in [6.45, 7) is 2.86. The summed E-state index contributed by atoms with van der Waals surface area (Å²) in [7, 11) is 0. The highest BCUT2D eigenvalue weighted by Gasteiger charge is 2.28. The first-order valence-electron chi connectivity index (χ1n) is 8.39. The number of para-hydroxylation sites is 2. The molecule has 6 nitrogen and oxygen atoms in total. The van der Waals surface area contributed by atoms with E-state index in [-0.39, 0.29) is 17.9 Å². The van der Waals surface area contributed by atoms with Crippen molar-refractivity contribution in [3.63, 3.8) is 0 Å². The van der Waals surface area contributed by atoms with Crippen LogP contribution in [0.2, 0.25) is 0 Å². The van der Waals surface area contributed by atoms with Crippen molar-refractivity contribution < 1.29 is 14.3 Å². The molecule has 126 valence electrons. The maximum absolute atomic E-state index is 12.5. The van der Waals surface area contributed by atoms with Crippen LogP contribution in [0.15, 0.2) is 24.3 Å². The van der Waals surface area contributed by atoms with Gasteiger partial charge in [0.2, 0.25) is 5.91 Å². The molecule has 4 rings (SSSR count). The van der Waals surface area contributed by atoms with E-state index in [4.69, 9.17) is 9.47 Å². The van der Waals surface area contributed by atoms with Gasteiger partial charge in [0, 0.05) is 18.0 Å². The molecule has 2 atom stereocenters. The largest absolute Gasteiger partial charge is 0.486 e. The van der Waals surface area contributed by atoms with Gasteiger partial charge in [-0.15, -0.1) is 0 Å². The second kappa shape index (κ2) is 6.19. The van der Waals surface area contributed by atoms with E-state index in [1.807, 2.05) is 31.2 Å². The van der Waals surface area contributed by atoms with Gasteiger partial charge in [-0.1, -0.05) is 12.1 Å². The number of rotatable bonds is 3. The van der Waals surface area contributed by atoms with Crippen molar-refractivity contribution in [1.29, 1.82) is 0 Å². The summed E-state index contributed by atoms with van der Waals surface area (Å²) in [5.74, 6) is 2.49. The first-order valence-corrected chi connectivity index (χ1v) is 8.39. The molecule has 2 heterocycles. The molecule has 0 saturated carbocycles. The highest BCUT2D eigenvalue weighted by atomic mass is 16.6. The fraction of sp³-hybridized carbons (Fsp3) is 0.444. The maximum Gasteiger partial charge on any atom is 0.223 e. The van der Waals surface area contributed by atoms with Crippen LogP contribution in [0.4, 0.5) is 0 Å². The molecule has 1 aromatic heterocycles. The fourth-order valence-electron chi connectivity index (χ4n) is 3.37. The molecule has 1 aliphatic carbocycles. The van der Waals surface area contributed by atoms with Crippen LogP contribution in [0.1, 0.15) is 23.6 Å². The van der Waals surface area contributed by atoms with Crippen LogP contribution < -0.4 is 14.8 Å². The van der Waals surface area contributed by atoms with E-state index >= 15 is 0 Å². The number of aryl methyl sites for hydroxylation is 2. The summed E-state index contributed by atoms with van der Waals surface area (Å²) in [4.78, 5) is 20.2. The zero-order valence-corrected chi connectivity index (χ0v) is 13.7. The van der Waals surface area contributed by atoms with Crippen molar-refractivity contribution in [2.75, 3.05) is 13.2 Å². The van der Waals surface area contributed by atoms with Crippen molar-refractivity contribution in [3.8, 4) is 11.5 Å². The number of amides is 1. The Labute approximate surface area is 140 Å². The Morgan fingerprint density at radius 3 is 3.08 bits per heavy atom. The maximum atomic E-state index is 12.5. The van der Waals surface area contributed by atoms with Gasteiger partial charge >= 0.3 is 0 Å². The zero-order chi connectivity index (χ0) is 16.5. The lowest BCUT2D eigenvalue weighted by atomic mass is 9.89. The molecule has 0 saturated heterocycles. The Morgan fingerprint density at radius 2 is 2.21 bits per heavy atom.